The number of ether oxygens (including phenoxy) is 4. The van der Waals surface area contributed by atoms with E-state index in [1.807, 2.05) is 20.8 Å². The topological polar surface area (TPSA) is 104 Å². The number of hydrogen-bond acceptors (Lipinski definition) is 6. The third-order valence-corrected chi connectivity index (χ3v) is 3.77. The molecule has 150 valence electrons. The first kappa shape index (κ1) is 21.1. The first-order chi connectivity index (χ1) is 13.3. The highest BCUT2D eigenvalue weighted by Gasteiger charge is 2.25. The van der Waals surface area contributed by atoms with Crippen molar-refractivity contribution < 1.29 is 23.7 Å². The van der Waals surface area contributed by atoms with Crippen LogP contribution in [0.25, 0.3) is 0 Å². The highest BCUT2D eigenvalue weighted by Crippen LogP contribution is 2.33. The highest BCUT2D eigenvalue weighted by molar-refractivity contribution is 5.95. The van der Waals surface area contributed by atoms with Gasteiger partial charge in [-0.2, -0.15) is 0 Å². The Morgan fingerprint density at radius 2 is 1.75 bits per heavy atom. The predicted molar refractivity (Wildman–Crippen MR) is 106 cm³/mol. The molecule has 3 N–H and O–H groups in total. The zero-order valence-electron chi connectivity index (χ0n) is 16.5. The maximum Gasteiger partial charge on any atom is 0.351 e. The minimum atomic E-state index is -0.986. The van der Waals surface area contributed by atoms with Gasteiger partial charge in [0.25, 0.3) is 0 Å². The molecule has 2 aromatic carbocycles. The van der Waals surface area contributed by atoms with Crippen LogP contribution in [0.5, 0.6) is 17.2 Å². The lowest BCUT2D eigenvalue weighted by molar-refractivity contribution is -0.149. The number of rotatable bonds is 9. The maximum absolute atomic E-state index is 12.4. The second-order valence-corrected chi connectivity index (χ2v) is 6.26. The standard InChI is InChI=1S/C21H26N2O5/c1-5-26-18-12-15(8-11-17(18)27-13(2)3)19(21(24)25-4)28-16-9-6-14(7-10-16)20(22)23/h6-13,19H,5H2,1-4H3,(H3,22,23). The second-order valence-electron chi connectivity index (χ2n) is 6.26. The molecule has 28 heavy (non-hydrogen) atoms. The SMILES string of the molecule is CCOc1cc(C(Oc2ccc(C(=N)N)cc2)C(=O)OC)ccc1OC(C)C. The molecule has 0 spiro atoms. The first-order valence-electron chi connectivity index (χ1n) is 8.98. The third kappa shape index (κ3) is 5.39. The van der Waals surface area contributed by atoms with Gasteiger partial charge in [-0.1, -0.05) is 6.07 Å². The highest BCUT2D eigenvalue weighted by atomic mass is 16.6. The fourth-order valence-electron chi connectivity index (χ4n) is 2.52. The number of carbonyl (C=O) groups excluding carboxylic acids is 1. The molecule has 0 saturated carbocycles. The minimum absolute atomic E-state index is 0.0162. The molecule has 7 nitrogen and oxygen atoms in total. The molecule has 0 aliphatic carbocycles. The van der Waals surface area contributed by atoms with Crippen molar-refractivity contribution in [3.05, 3.63) is 53.6 Å². The Hall–Kier alpha value is -3.22. The van der Waals surface area contributed by atoms with Gasteiger partial charge in [0.2, 0.25) is 6.10 Å². The van der Waals surface area contributed by atoms with E-state index in [4.69, 9.17) is 30.1 Å². The number of nitrogens with two attached hydrogens (primary N) is 1. The average Bonchev–Trinajstić information content (AvgIpc) is 2.67. The number of hydrogen-bond donors (Lipinski definition) is 2. The molecule has 0 amide bonds. The zero-order chi connectivity index (χ0) is 20.7. The van der Waals surface area contributed by atoms with E-state index >= 15 is 0 Å². The summed E-state index contributed by atoms with van der Waals surface area (Å²) < 4.78 is 22.2. The van der Waals surface area contributed by atoms with Crippen molar-refractivity contribution in [2.24, 2.45) is 5.73 Å². The van der Waals surface area contributed by atoms with Crippen LogP contribution in [-0.4, -0.2) is 31.6 Å². The Bertz CT molecular complexity index is 818. The van der Waals surface area contributed by atoms with Crippen LogP contribution in [0.15, 0.2) is 42.5 Å². The van der Waals surface area contributed by atoms with E-state index in [1.165, 1.54) is 7.11 Å². The van der Waals surface area contributed by atoms with Crippen LogP contribution in [0.3, 0.4) is 0 Å². The predicted octanol–water partition coefficient (Wildman–Crippen LogP) is 3.45. The van der Waals surface area contributed by atoms with Gasteiger partial charge in [-0.05, 0) is 57.2 Å². The van der Waals surface area contributed by atoms with Crippen LogP contribution in [-0.2, 0) is 9.53 Å². The van der Waals surface area contributed by atoms with Gasteiger partial charge in [-0.25, -0.2) is 4.79 Å². The lowest BCUT2D eigenvalue weighted by Gasteiger charge is -2.20. The Kier molecular flexibility index (Phi) is 7.26. The van der Waals surface area contributed by atoms with Crippen molar-refractivity contribution in [1.82, 2.24) is 0 Å². The Labute approximate surface area is 164 Å². The number of nitrogen functional groups attached to an aromatic ring is 1. The third-order valence-electron chi connectivity index (χ3n) is 3.77. The fraction of sp³-hybridized carbons (Fsp3) is 0.333. The van der Waals surface area contributed by atoms with Crippen LogP contribution in [0.2, 0.25) is 0 Å². The summed E-state index contributed by atoms with van der Waals surface area (Å²) in [6.07, 6.45) is -1.00. The van der Waals surface area contributed by atoms with Crippen LogP contribution < -0.4 is 19.9 Å². The van der Waals surface area contributed by atoms with Gasteiger partial charge >= 0.3 is 5.97 Å². The molecule has 2 rings (SSSR count). The maximum atomic E-state index is 12.4. The summed E-state index contributed by atoms with van der Waals surface area (Å²) in [5, 5.41) is 7.45. The van der Waals surface area contributed by atoms with E-state index < -0.39 is 12.1 Å². The molecule has 0 aliphatic heterocycles. The van der Waals surface area contributed by atoms with Crippen LogP contribution >= 0.6 is 0 Å². The molecular weight excluding hydrogens is 360 g/mol. The van der Waals surface area contributed by atoms with Gasteiger partial charge in [0, 0.05) is 11.1 Å². The summed E-state index contributed by atoms with van der Waals surface area (Å²) >= 11 is 0. The molecule has 1 atom stereocenters. The molecule has 0 aliphatic rings. The summed E-state index contributed by atoms with van der Waals surface area (Å²) in [5.41, 5.74) is 6.60. The molecular formula is C21H26N2O5. The van der Waals surface area contributed by atoms with E-state index in [0.717, 1.165) is 0 Å². The number of carbonyl (C=O) groups is 1. The Morgan fingerprint density at radius 1 is 1.07 bits per heavy atom. The smallest absolute Gasteiger partial charge is 0.351 e. The lowest BCUT2D eigenvalue weighted by atomic mass is 10.1. The van der Waals surface area contributed by atoms with Crippen LogP contribution in [0, 0.1) is 5.41 Å². The molecule has 1 unspecified atom stereocenters. The van der Waals surface area contributed by atoms with Gasteiger partial charge in [-0.3, -0.25) is 5.41 Å². The number of methoxy groups -OCH3 is 1. The number of amidine groups is 1. The largest absolute Gasteiger partial charge is 0.490 e. The second kappa shape index (κ2) is 9.64. The number of esters is 1. The summed E-state index contributed by atoms with van der Waals surface area (Å²) in [7, 11) is 1.30. The summed E-state index contributed by atoms with van der Waals surface area (Å²) in [5.74, 6) is 0.975. The van der Waals surface area contributed by atoms with Crippen molar-refractivity contribution in [3.63, 3.8) is 0 Å². The quantitative estimate of drug-likeness (QED) is 0.389. The van der Waals surface area contributed by atoms with Gasteiger partial charge in [0.1, 0.15) is 11.6 Å². The van der Waals surface area contributed by atoms with E-state index in [0.29, 0.717) is 35.0 Å². The first-order valence-corrected chi connectivity index (χ1v) is 8.98. The van der Waals surface area contributed by atoms with Gasteiger partial charge in [-0.15, -0.1) is 0 Å². The van der Waals surface area contributed by atoms with Gasteiger partial charge < -0.3 is 24.7 Å². The molecule has 2 aromatic rings. The van der Waals surface area contributed by atoms with E-state index in [-0.39, 0.29) is 11.9 Å². The summed E-state index contributed by atoms with van der Waals surface area (Å²) in [6.45, 7) is 6.17. The molecule has 0 aromatic heterocycles. The van der Waals surface area contributed by atoms with Crippen LogP contribution in [0.4, 0.5) is 0 Å². The zero-order valence-corrected chi connectivity index (χ0v) is 16.5. The molecule has 0 fully saturated rings. The monoisotopic (exact) mass is 386 g/mol. The molecule has 0 heterocycles. The number of nitrogens with one attached hydrogen (secondary N) is 1. The molecule has 0 saturated heterocycles. The van der Waals surface area contributed by atoms with E-state index in [9.17, 15) is 4.79 Å². The summed E-state index contributed by atoms with van der Waals surface area (Å²) in [4.78, 5) is 12.4. The van der Waals surface area contributed by atoms with Crippen molar-refractivity contribution in [3.8, 4) is 17.2 Å². The van der Waals surface area contributed by atoms with E-state index in [1.54, 1.807) is 42.5 Å². The average molecular weight is 386 g/mol. The normalized spacial score (nSPS) is 11.6. The minimum Gasteiger partial charge on any atom is -0.490 e. The Morgan fingerprint density at radius 3 is 2.29 bits per heavy atom. The molecule has 0 radical (unpaired) electrons. The Balaban J connectivity index is 2.35. The summed E-state index contributed by atoms with van der Waals surface area (Å²) in [6, 6.07) is 11.8. The van der Waals surface area contributed by atoms with Crippen LogP contribution in [0.1, 0.15) is 38.0 Å². The molecule has 0 bridgehead atoms. The van der Waals surface area contributed by atoms with Gasteiger partial charge in [0.05, 0.1) is 19.8 Å². The number of benzene rings is 2. The lowest BCUT2D eigenvalue weighted by Crippen LogP contribution is -2.20. The van der Waals surface area contributed by atoms with Crippen molar-refractivity contribution >= 4 is 11.8 Å². The fourth-order valence-corrected chi connectivity index (χ4v) is 2.52. The van der Waals surface area contributed by atoms with Crippen molar-refractivity contribution in [1.29, 1.82) is 5.41 Å². The van der Waals surface area contributed by atoms with Crippen molar-refractivity contribution in [2.45, 2.75) is 33.0 Å². The van der Waals surface area contributed by atoms with E-state index in [2.05, 4.69) is 0 Å². The van der Waals surface area contributed by atoms with Crippen molar-refractivity contribution in [2.75, 3.05) is 13.7 Å². The van der Waals surface area contributed by atoms with Gasteiger partial charge in [0.15, 0.2) is 11.5 Å². The molecule has 7 heteroatoms.